The molecule has 3 nitrogen and oxygen atoms in total. The molecule has 0 spiro atoms. The number of hydrogen-bond donors (Lipinski definition) is 1. The van der Waals surface area contributed by atoms with Gasteiger partial charge in [-0.3, -0.25) is 4.90 Å². The molecule has 0 aliphatic rings. The van der Waals surface area contributed by atoms with Gasteiger partial charge in [0.2, 0.25) is 0 Å². The van der Waals surface area contributed by atoms with E-state index in [1.165, 1.54) is 0 Å². The van der Waals surface area contributed by atoms with Crippen molar-refractivity contribution in [2.75, 3.05) is 26.7 Å². The Kier molecular flexibility index (Phi) is 6.19. The first-order valence-electron chi connectivity index (χ1n) is 5.97. The van der Waals surface area contributed by atoms with E-state index in [1.54, 1.807) is 7.11 Å². The molecule has 98 valence electrons. The molecule has 18 heavy (non-hydrogen) atoms. The van der Waals surface area contributed by atoms with Gasteiger partial charge in [-0.15, -0.1) is 13.2 Å². The van der Waals surface area contributed by atoms with Gasteiger partial charge >= 0.3 is 0 Å². The van der Waals surface area contributed by atoms with Crippen molar-refractivity contribution in [1.82, 2.24) is 4.90 Å². The highest BCUT2D eigenvalue weighted by molar-refractivity contribution is 5.28. The highest BCUT2D eigenvalue weighted by Crippen LogP contribution is 2.18. The molecule has 1 aromatic rings. The van der Waals surface area contributed by atoms with E-state index in [9.17, 15) is 5.11 Å². The van der Waals surface area contributed by atoms with Crippen LogP contribution >= 0.6 is 0 Å². The van der Waals surface area contributed by atoms with Crippen LogP contribution in [0.15, 0.2) is 49.6 Å². The number of ether oxygens (including phenoxy) is 1. The van der Waals surface area contributed by atoms with Crippen LogP contribution in [0.2, 0.25) is 0 Å². The number of methoxy groups -OCH3 is 1. The average Bonchev–Trinajstić information content (AvgIpc) is 2.39. The van der Waals surface area contributed by atoms with Crippen LogP contribution in [0.4, 0.5) is 0 Å². The van der Waals surface area contributed by atoms with E-state index in [2.05, 4.69) is 18.1 Å². The monoisotopic (exact) mass is 247 g/mol. The summed E-state index contributed by atoms with van der Waals surface area (Å²) in [4.78, 5) is 2.08. The minimum Gasteiger partial charge on any atom is -0.497 e. The number of benzene rings is 1. The molecule has 0 heterocycles. The molecule has 1 aromatic carbocycles. The second kappa shape index (κ2) is 7.69. The Morgan fingerprint density at radius 1 is 1.22 bits per heavy atom. The zero-order valence-electron chi connectivity index (χ0n) is 10.9. The standard InChI is InChI=1S/C15H21NO2/c1-4-10-16(11-5-2)12-15(17)13-6-8-14(18-3)9-7-13/h4-9,15,17H,1-2,10-12H2,3H3. The first kappa shape index (κ1) is 14.5. The number of aliphatic hydroxyl groups is 1. The Balaban J connectivity index is 2.63. The molecule has 1 atom stereocenters. The third-order valence-electron chi connectivity index (χ3n) is 2.71. The van der Waals surface area contributed by atoms with Gasteiger partial charge in [0, 0.05) is 19.6 Å². The lowest BCUT2D eigenvalue weighted by Gasteiger charge is -2.22. The lowest BCUT2D eigenvalue weighted by Crippen LogP contribution is -2.29. The summed E-state index contributed by atoms with van der Waals surface area (Å²) in [6, 6.07) is 7.46. The normalized spacial score (nSPS) is 12.2. The molecule has 0 radical (unpaired) electrons. The van der Waals surface area contributed by atoms with Crippen LogP contribution in [0.1, 0.15) is 11.7 Å². The van der Waals surface area contributed by atoms with Crippen molar-refractivity contribution in [3.8, 4) is 5.75 Å². The number of nitrogens with zero attached hydrogens (tertiary/aromatic N) is 1. The summed E-state index contributed by atoms with van der Waals surface area (Å²) in [6.45, 7) is 9.45. The van der Waals surface area contributed by atoms with E-state index in [4.69, 9.17) is 4.74 Å². The number of hydrogen-bond acceptors (Lipinski definition) is 3. The van der Waals surface area contributed by atoms with Crippen LogP contribution in [0, 0.1) is 0 Å². The second-order valence-corrected chi connectivity index (χ2v) is 4.08. The van der Waals surface area contributed by atoms with Gasteiger partial charge in [0.1, 0.15) is 5.75 Å². The van der Waals surface area contributed by atoms with Gasteiger partial charge in [0.25, 0.3) is 0 Å². The van der Waals surface area contributed by atoms with Crippen LogP contribution in [-0.4, -0.2) is 36.8 Å². The summed E-state index contributed by atoms with van der Waals surface area (Å²) in [7, 11) is 1.63. The van der Waals surface area contributed by atoms with Gasteiger partial charge in [-0.1, -0.05) is 24.3 Å². The Morgan fingerprint density at radius 3 is 2.22 bits per heavy atom. The van der Waals surface area contributed by atoms with Crippen molar-refractivity contribution in [2.24, 2.45) is 0 Å². The van der Waals surface area contributed by atoms with Crippen LogP contribution in [0.3, 0.4) is 0 Å². The third kappa shape index (κ3) is 4.35. The SMILES string of the molecule is C=CCN(CC=C)CC(O)c1ccc(OC)cc1. The van der Waals surface area contributed by atoms with Crippen molar-refractivity contribution >= 4 is 0 Å². The molecule has 0 bridgehead atoms. The van der Waals surface area contributed by atoms with Crippen LogP contribution < -0.4 is 4.74 Å². The van der Waals surface area contributed by atoms with Crippen molar-refractivity contribution in [3.05, 3.63) is 55.1 Å². The second-order valence-electron chi connectivity index (χ2n) is 4.08. The largest absolute Gasteiger partial charge is 0.497 e. The topological polar surface area (TPSA) is 32.7 Å². The van der Waals surface area contributed by atoms with E-state index in [-0.39, 0.29) is 0 Å². The van der Waals surface area contributed by atoms with E-state index in [0.717, 1.165) is 24.4 Å². The van der Waals surface area contributed by atoms with Crippen molar-refractivity contribution < 1.29 is 9.84 Å². The zero-order chi connectivity index (χ0) is 13.4. The molecule has 0 aromatic heterocycles. The predicted octanol–water partition coefficient (Wildman–Crippen LogP) is 2.40. The summed E-state index contributed by atoms with van der Waals surface area (Å²) >= 11 is 0. The first-order chi connectivity index (χ1) is 8.71. The van der Waals surface area contributed by atoms with Crippen molar-refractivity contribution in [3.63, 3.8) is 0 Å². The zero-order valence-corrected chi connectivity index (χ0v) is 10.9. The highest BCUT2D eigenvalue weighted by Gasteiger charge is 2.11. The van der Waals surface area contributed by atoms with Gasteiger partial charge < -0.3 is 9.84 Å². The fourth-order valence-electron chi connectivity index (χ4n) is 1.76. The summed E-state index contributed by atoms with van der Waals surface area (Å²) in [5, 5.41) is 10.2. The Morgan fingerprint density at radius 2 is 1.78 bits per heavy atom. The fraction of sp³-hybridized carbons (Fsp3) is 0.333. The summed E-state index contributed by atoms with van der Waals surface area (Å²) < 4.78 is 5.09. The van der Waals surface area contributed by atoms with Gasteiger partial charge in [-0.2, -0.15) is 0 Å². The maximum absolute atomic E-state index is 10.2. The van der Waals surface area contributed by atoms with Gasteiger partial charge in [0.05, 0.1) is 13.2 Å². The van der Waals surface area contributed by atoms with Crippen LogP contribution in [-0.2, 0) is 0 Å². The van der Waals surface area contributed by atoms with E-state index in [0.29, 0.717) is 6.54 Å². The predicted molar refractivity (Wildman–Crippen MR) is 74.8 cm³/mol. The molecule has 0 fully saturated rings. The van der Waals surface area contributed by atoms with Crippen molar-refractivity contribution in [2.45, 2.75) is 6.10 Å². The maximum Gasteiger partial charge on any atom is 0.118 e. The molecule has 1 N–H and O–H groups in total. The third-order valence-corrected chi connectivity index (χ3v) is 2.71. The molecule has 0 saturated heterocycles. The Bertz CT molecular complexity index is 363. The van der Waals surface area contributed by atoms with Gasteiger partial charge in [0.15, 0.2) is 0 Å². The maximum atomic E-state index is 10.2. The summed E-state index contributed by atoms with van der Waals surface area (Å²) in [5.74, 6) is 0.792. The minimum atomic E-state index is -0.518. The first-order valence-corrected chi connectivity index (χ1v) is 5.97. The molecule has 0 aliphatic heterocycles. The molecule has 3 heteroatoms. The summed E-state index contributed by atoms with van der Waals surface area (Å²) in [6.07, 6.45) is 3.13. The average molecular weight is 247 g/mol. The molecule has 0 aliphatic carbocycles. The Hall–Kier alpha value is -1.58. The lowest BCUT2D eigenvalue weighted by molar-refractivity contribution is 0.125. The number of aliphatic hydroxyl groups excluding tert-OH is 1. The molecule has 0 saturated carbocycles. The quantitative estimate of drug-likeness (QED) is 0.716. The van der Waals surface area contributed by atoms with Gasteiger partial charge in [-0.05, 0) is 17.7 Å². The minimum absolute atomic E-state index is 0.518. The molecule has 1 rings (SSSR count). The highest BCUT2D eigenvalue weighted by atomic mass is 16.5. The fourth-order valence-corrected chi connectivity index (χ4v) is 1.76. The van der Waals surface area contributed by atoms with Crippen LogP contribution in [0.25, 0.3) is 0 Å². The molecular weight excluding hydrogens is 226 g/mol. The summed E-state index contributed by atoms with van der Waals surface area (Å²) in [5.41, 5.74) is 0.883. The van der Waals surface area contributed by atoms with Crippen molar-refractivity contribution in [1.29, 1.82) is 0 Å². The number of rotatable bonds is 8. The molecular formula is C15H21NO2. The Labute approximate surface area is 109 Å². The van der Waals surface area contributed by atoms with Gasteiger partial charge in [-0.25, -0.2) is 0 Å². The lowest BCUT2D eigenvalue weighted by atomic mass is 10.1. The molecule has 1 unspecified atom stereocenters. The smallest absolute Gasteiger partial charge is 0.118 e. The van der Waals surface area contributed by atoms with E-state index in [1.807, 2.05) is 36.4 Å². The van der Waals surface area contributed by atoms with E-state index >= 15 is 0 Å². The van der Waals surface area contributed by atoms with Crippen LogP contribution in [0.5, 0.6) is 5.75 Å². The van der Waals surface area contributed by atoms with E-state index < -0.39 is 6.10 Å². The molecule has 0 amide bonds.